The molecule has 4 N–H and O–H groups in total. The van der Waals surface area contributed by atoms with Crippen LogP contribution in [0, 0.1) is 5.82 Å². The van der Waals surface area contributed by atoms with Gasteiger partial charge >= 0.3 is 0 Å². The zero-order valence-electron chi connectivity index (χ0n) is 18.9. The van der Waals surface area contributed by atoms with Crippen LogP contribution in [0.2, 0.25) is 5.02 Å². The van der Waals surface area contributed by atoms with Gasteiger partial charge in [0.1, 0.15) is 17.8 Å². The van der Waals surface area contributed by atoms with E-state index in [4.69, 9.17) is 17.3 Å². The fraction of sp³-hybridized carbons (Fsp3) is 0.0769. The second kappa shape index (κ2) is 10.8. The standard InChI is InChI=1S/C26H21ClFN5O3/c27-21-14-17(28)6-11-20(21)25(35)32-18-7-9-19(10-8-18)33-15-31-22(23(33)24(29)34)26(36)30-13-12-16-4-2-1-3-5-16/h1-11,14-15H,12-13H2,(H2,29,34)(H,30,36)(H,32,35). The van der Waals surface area contributed by atoms with Crippen molar-refractivity contribution in [2.45, 2.75) is 6.42 Å². The van der Waals surface area contributed by atoms with Gasteiger partial charge in [0.05, 0.1) is 10.6 Å². The Bertz CT molecular complexity index is 1420. The number of primary amides is 1. The van der Waals surface area contributed by atoms with E-state index in [2.05, 4.69) is 15.6 Å². The first kappa shape index (κ1) is 24.6. The number of hydrogen-bond donors (Lipinski definition) is 3. The van der Waals surface area contributed by atoms with Crippen molar-refractivity contribution in [1.29, 1.82) is 0 Å². The summed E-state index contributed by atoms with van der Waals surface area (Å²) < 4.78 is 14.6. The zero-order chi connectivity index (χ0) is 25.7. The van der Waals surface area contributed by atoms with Crippen LogP contribution >= 0.6 is 11.6 Å². The van der Waals surface area contributed by atoms with Crippen LogP contribution in [0.1, 0.15) is 36.9 Å². The molecule has 0 atom stereocenters. The molecule has 182 valence electrons. The molecule has 8 nitrogen and oxygen atoms in total. The molecule has 3 amide bonds. The highest BCUT2D eigenvalue weighted by Crippen LogP contribution is 2.21. The average Bonchev–Trinajstić information content (AvgIpc) is 3.31. The van der Waals surface area contributed by atoms with Crippen molar-refractivity contribution < 1.29 is 18.8 Å². The van der Waals surface area contributed by atoms with Gasteiger partial charge in [0.15, 0.2) is 5.69 Å². The van der Waals surface area contributed by atoms with E-state index in [0.717, 1.165) is 17.7 Å². The quantitative estimate of drug-likeness (QED) is 0.335. The molecule has 0 aliphatic rings. The highest BCUT2D eigenvalue weighted by Gasteiger charge is 2.23. The number of nitrogens with two attached hydrogens (primary N) is 1. The third-order valence-electron chi connectivity index (χ3n) is 5.34. The van der Waals surface area contributed by atoms with E-state index in [9.17, 15) is 18.8 Å². The number of nitrogens with zero attached hydrogens (tertiary/aromatic N) is 2. The summed E-state index contributed by atoms with van der Waals surface area (Å²) in [4.78, 5) is 41.4. The Morgan fingerprint density at radius 1 is 0.972 bits per heavy atom. The van der Waals surface area contributed by atoms with Gasteiger partial charge in [0, 0.05) is 17.9 Å². The fourth-order valence-electron chi connectivity index (χ4n) is 3.57. The Labute approximate surface area is 210 Å². The summed E-state index contributed by atoms with van der Waals surface area (Å²) >= 11 is 5.95. The first-order valence-electron chi connectivity index (χ1n) is 10.9. The fourth-order valence-corrected chi connectivity index (χ4v) is 3.83. The van der Waals surface area contributed by atoms with E-state index in [1.54, 1.807) is 24.3 Å². The Morgan fingerprint density at radius 2 is 1.69 bits per heavy atom. The maximum absolute atomic E-state index is 13.2. The van der Waals surface area contributed by atoms with Gasteiger partial charge in [-0.2, -0.15) is 0 Å². The lowest BCUT2D eigenvalue weighted by Gasteiger charge is -2.10. The van der Waals surface area contributed by atoms with Gasteiger partial charge < -0.3 is 16.4 Å². The molecule has 10 heteroatoms. The van der Waals surface area contributed by atoms with Gasteiger partial charge in [-0.05, 0) is 54.4 Å². The van der Waals surface area contributed by atoms with Crippen LogP contribution in [0.4, 0.5) is 10.1 Å². The number of hydrogen-bond acceptors (Lipinski definition) is 4. The number of carbonyl (C=O) groups excluding carboxylic acids is 3. The molecule has 0 aliphatic carbocycles. The van der Waals surface area contributed by atoms with Crippen molar-refractivity contribution in [3.63, 3.8) is 0 Å². The Kier molecular flexibility index (Phi) is 7.41. The first-order valence-corrected chi connectivity index (χ1v) is 11.3. The van der Waals surface area contributed by atoms with E-state index in [0.29, 0.717) is 24.3 Å². The predicted octanol–water partition coefficient (Wildman–Crippen LogP) is 3.99. The van der Waals surface area contributed by atoms with E-state index in [1.165, 1.54) is 17.0 Å². The van der Waals surface area contributed by atoms with E-state index < -0.39 is 23.5 Å². The first-order chi connectivity index (χ1) is 17.3. The normalized spacial score (nSPS) is 10.6. The smallest absolute Gasteiger partial charge is 0.272 e. The van der Waals surface area contributed by atoms with E-state index in [1.807, 2.05) is 30.3 Å². The van der Waals surface area contributed by atoms with Crippen LogP contribution < -0.4 is 16.4 Å². The van der Waals surface area contributed by atoms with Crippen molar-refractivity contribution in [3.8, 4) is 5.69 Å². The SMILES string of the molecule is NC(=O)c1c(C(=O)NCCc2ccccc2)ncn1-c1ccc(NC(=O)c2ccc(F)cc2Cl)cc1. The van der Waals surface area contributed by atoms with Crippen molar-refractivity contribution in [2.24, 2.45) is 5.73 Å². The van der Waals surface area contributed by atoms with Crippen molar-refractivity contribution in [1.82, 2.24) is 14.9 Å². The summed E-state index contributed by atoms with van der Waals surface area (Å²) in [6, 6.07) is 19.6. The number of amides is 3. The molecular formula is C26H21ClFN5O3. The summed E-state index contributed by atoms with van der Waals surface area (Å²) in [5.41, 5.74) is 7.53. The molecule has 0 bridgehead atoms. The van der Waals surface area contributed by atoms with Crippen molar-refractivity contribution in [2.75, 3.05) is 11.9 Å². The Hall–Kier alpha value is -4.50. The van der Waals surface area contributed by atoms with Crippen LogP contribution in [0.15, 0.2) is 79.1 Å². The van der Waals surface area contributed by atoms with Crippen LogP contribution in [-0.2, 0) is 6.42 Å². The molecule has 0 fully saturated rings. The third kappa shape index (κ3) is 5.59. The summed E-state index contributed by atoms with van der Waals surface area (Å²) in [7, 11) is 0. The van der Waals surface area contributed by atoms with E-state index >= 15 is 0 Å². The molecule has 1 aromatic heterocycles. The van der Waals surface area contributed by atoms with Crippen LogP contribution in [-0.4, -0.2) is 33.8 Å². The summed E-state index contributed by atoms with van der Waals surface area (Å²) in [6.07, 6.45) is 1.95. The maximum atomic E-state index is 13.2. The molecule has 0 unspecified atom stereocenters. The number of imidazole rings is 1. The minimum absolute atomic E-state index is 0.0109. The Morgan fingerprint density at radius 3 is 2.36 bits per heavy atom. The highest BCUT2D eigenvalue weighted by atomic mass is 35.5. The lowest BCUT2D eigenvalue weighted by Crippen LogP contribution is -2.29. The third-order valence-corrected chi connectivity index (χ3v) is 5.65. The molecule has 0 saturated carbocycles. The minimum atomic E-state index is -0.816. The molecule has 3 aromatic carbocycles. The van der Waals surface area contributed by atoms with Gasteiger partial charge in [-0.25, -0.2) is 9.37 Å². The number of aromatic nitrogens is 2. The van der Waals surface area contributed by atoms with Crippen LogP contribution in [0.3, 0.4) is 0 Å². The monoisotopic (exact) mass is 505 g/mol. The zero-order valence-corrected chi connectivity index (χ0v) is 19.6. The second-order valence-corrected chi connectivity index (χ2v) is 8.20. The maximum Gasteiger partial charge on any atom is 0.272 e. The number of anilines is 1. The molecule has 0 aliphatic heterocycles. The van der Waals surface area contributed by atoms with Gasteiger partial charge in [0.25, 0.3) is 17.7 Å². The second-order valence-electron chi connectivity index (χ2n) is 7.79. The Balaban J connectivity index is 1.47. The lowest BCUT2D eigenvalue weighted by atomic mass is 10.1. The predicted molar refractivity (Wildman–Crippen MR) is 134 cm³/mol. The summed E-state index contributed by atoms with van der Waals surface area (Å²) in [6.45, 7) is 0.361. The van der Waals surface area contributed by atoms with Crippen LogP contribution in [0.25, 0.3) is 5.69 Å². The largest absolute Gasteiger partial charge is 0.364 e. The minimum Gasteiger partial charge on any atom is -0.364 e. The molecule has 0 spiro atoms. The summed E-state index contributed by atoms with van der Waals surface area (Å²) in [5.74, 6) is -2.39. The number of carbonyl (C=O) groups is 3. The molecule has 36 heavy (non-hydrogen) atoms. The molecular weight excluding hydrogens is 485 g/mol. The highest BCUT2D eigenvalue weighted by molar-refractivity contribution is 6.34. The van der Waals surface area contributed by atoms with Gasteiger partial charge in [-0.1, -0.05) is 41.9 Å². The molecule has 4 rings (SSSR count). The van der Waals surface area contributed by atoms with Gasteiger partial charge in [0.2, 0.25) is 0 Å². The van der Waals surface area contributed by atoms with Crippen molar-refractivity contribution in [3.05, 3.63) is 112 Å². The molecule has 4 aromatic rings. The van der Waals surface area contributed by atoms with Crippen LogP contribution in [0.5, 0.6) is 0 Å². The molecule has 0 saturated heterocycles. The molecule has 1 heterocycles. The molecule has 0 radical (unpaired) electrons. The van der Waals surface area contributed by atoms with Crippen molar-refractivity contribution >= 4 is 35.0 Å². The van der Waals surface area contributed by atoms with Gasteiger partial charge in [-0.3, -0.25) is 19.0 Å². The average molecular weight is 506 g/mol. The number of halogens is 2. The summed E-state index contributed by atoms with van der Waals surface area (Å²) in [5, 5.41) is 5.41. The van der Waals surface area contributed by atoms with Gasteiger partial charge in [-0.15, -0.1) is 0 Å². The number of benzene rings is 3. The number of nitrogens with one attached hydrogen (secondary N) is 2. The number of rotatable bonds is 8. The topological polar surface area (TPSA) is 119 Å². The van der Waals surface area contributed by atoms with E-state index in [-0.39, 0.29) is 22.0 Å². The lowest BCUT2D eigenvalue weighted by molar-refractivity contribution is 0.0930.